The predicted octanol–water partition coefficient (Wildman–Crippen LogP) is 3.45. The Hall–Kier alpha value is -2.87. The zero-order chi connectivity index (χ0) is 19.9. The van der Waals surface area contributed by atoms with Gasteiger partial charge in [0.2, 0.25) is 0 Å². The minimum Gasteiger partial charge on any atom is -0.320 e. The van der Waals surface area contributed by atoms with Gasteiger partial charge in [-0.2, -0.15) is 13.2 Å². The highest BCUT2D eigenvalue weighted by molar-refractivity contribution is 5.39. The van der Waals surface area contributed by atoms with E-state index in [2.05, 4.69) is 14.9 Å². The number of rotatable bonds is 3. The molecule has 0 atom stereocenters. The maximum Gasteiger partial charge on any atom is 0.416 e. The Balaban J connectivity index is 1.59. The van der Waals surface area contributed by atoms with Crippen LogP contribution in [0.1, 0.15) is 28.3 Å². The van der Waals surface area contributed by atoms with Crippen LogP contribution in [0.25, 0.3) is 5.69 Å². The van der Waals surface area contributed by atoms with E-state index in [4.69, 9.17) is 0 Å². The SMILES string of the molecule is Cc1nc2c(c(=O)[nH]1)CN(Cc1cccn1-c1cccc(C(F)(F)F)c1)CC2. The lowest BCUT2D eigenvalue weighted by atomic mass is 10.1. The topological polar surface area (TPSA) is 53.9 Å². The molecular formula is C20H19F3N4O. The van der Waals surface area contributed by atoms with Crippen LogP contribution in [-0.4, -0.2) is 26.0 Å². The number of fused-ring (bicyclic) bond motifs is 1. The summed E-state index contributed by atoms with van der Waals surface area (Å²) in [6.07, 6.45) is -1.96. The van der Waals surface area contributed by atoms with E-state index < -0.39 is 11.7 Å². The third-order valence-electron chi connectivity index (χ3n) is 4.94. The molecule has 146 valence electrons. The van der Waals surface area contributed by atoms with Crippen molar-refractivity contribution in [1.29, 1.82) is 0 Å². The number of aryl methyl sites for hydroxylation is 1. The van der Waals surface area contributed by atoms with Crippen molar-refractivity contribution >= 4 is 0 Å². The molecule has 3 heterocycles. The van der Waals surface area contributed by atoms with Crippen molar-refractivity contribution in [2.75, 3.05) is 6.54 Å². The van der Waals surface area contributed by atoms with Crippen LogP contribution in [0.2, 0.25) is 0 Å². The van der Waals surface area contributed by atoms with Crippen molar-refractivity contribution in [1.82, 2.24) is 19.4 Å². The van der Waals surface area contributed by atoms with Gasteiger partial charge in [0, 0.05) is 43.6 Å². The van der Waals surface area contributed by atoms with Crippen molar-refractivity contribution in [3.8, 4) is 5.69 Å². The van der Waals surface area contributed by atoms with Crippen LogP contribution in [0.3, 0.4) is 0 Å². The quantitative estimate of drug-likeness (QED) is 0.748. The van der Waals surface area contributed by atoms with E-state index in [0.29, 0.717) is 36.6 Å². The lowest BCUT2D eigenvalue weighted by molar-refractivity contribution is -0.137. The second-order valence-electron chi connectivity index (χ2n) is 6.95. The van der Waals surface area contributed by atoms with Gasteiger partial charge in [-0.1, -0.05) is 6.07 Å². The van der Waals surface area contributed by atoms with E-state index in [1.54, 1.807) is 23.8 Å². The maximum absolute atomic E-state index is 13.0. The number of alkyl halides is 3. The summed E-state index contributed by atoms with van der Waals surface area (Å²) in [6, 6.07) is 8.97. The van der Waals surface area contributed by atoms with Crippen LogP contribution in [0.4, 0.5) is 13.2 Å². The second kappa shape index (κ2) is 6.94. The number of hydrogen-bond donors (Lipinski definition) is 1. The zero-order valence-electron chi connectivity index (χ0n) is 15.3. The van der Waals surface area contributed by atoms with Crippen LogP contribution < -0.4 is 5.56 Å². The first-order chi connectivity index (χ1) is 13.3. The van der Waals surface area contributed by atoms with Gasteiger partial charge in [0.05, 0.1) is 16.8 Å². The van der Waals surface area contributed by atoms with Gasteiger partial charge in [0.25, 0.3) is 5.56 Å². The first-order valence-corrected chi connectivity index (χ1v) is 8.96. The van der Waals surface area contributed by atoms with Crippen LogP contribution >= 0.6 is 0 Å². The minimum absolute atomic E-state index is 0.125. The molecule has 0 spiro atoms. The Morgan fingerprint density at radius 1 is 1.21 bits per heavy atom. The van der Waals surface area contributed by atoms with Crippen molar-refractivity contribution in [2.45, 2.75) is 32.6 Å². The fourth-order valence-corrected chi connectivity index (χ4v) is 3.60. The summed E-state index contributed by atoms with van der Waals surface area (Å²) in [6.45, 7) is 3.48. The van der Waals surface area contributed by atoms with E-state index in [9.17, 15) is 18.0 Å². The fourth-order valence-electron chi connectivity index (χ4n) is 3.60. The van der Waals surface area contributed by atoms with E-state index in [1.165, 1.54) is 6.07 Å². The molecule has 1 aromatic carbocycles. The Labute approximate surface area is 159 Å². The first-order valence-electron chi connectivity index (χ1n) is 8.96. The number of hydrogen-bond acceptors (Lipinski definition) is 3. The molecule has 1 aliphatic rings. The van der Waals surface area contributed by atoms with E-state index >= 15 is 0 Å². The summed E-state index contributed by atoms with van der Waals surface area (Å²) in [5.41, 5.74) is 2.01. The summed E-state index contributed by atoms with van der Waals surface area (Å²) in [5.74, 6) is 0.607. The Kier molecular flexibility index (Phi) is 4.58. The molecule has 4 rings (SSSR count). The molecule has 3 aromatic rings. The third-order valence-corrected chi connectivity index (χ3v) is 4.94. The zero-order valence-corrected chi connectivity index (χ0v) is 15.3. The predicted molar refractivity (Wildman–Crippen MR) is 98.2 cm³/mol. The maximum atomic E-state index is 13.0. The van der Waals surface area contributed by atoms with Gasteiger partial charge in [0.15, 0.2) is 0 Å². The van der Waals surface area contributed by atoms with E-state index in [0.717, 1.165) is 30.1 Å². The van der Waals surface area contributed by atoms with Gasteiger partial charge >= 0.3 is 6.18 Å². The number of aromatic amines is 1. The van der Waals surface area contributed by atoms with Crippen LogP contribution in [0, 0.1) is 6.92 Å². The molecular weight excluding hydrogens is 369 g/mol. The van der Waals surface area contributed by atoms with E-state index in [-0.39, 0.29) is 5.56 Å². The number of halogens is 3. The van der Waals surface area contributed by atoms with Gasteiger partial charge in [-0.25, -0.2) is 4.98 Å². The fraction of sp³-hybridized carbons (Fsp3) is 0.300. The molecule has 0 saturated carbocycles. The highest BCUT2D eigenvalue weighted by atomic mass is 19.4. The van der Waals surface area contributed by atoms with E-state index in [1.807, 2.05) is 12.1 Å². The number of aromatic nitrogens is 3. The average molecular weight is 388 g/mol. The summed E-state index contributed by atoms with van der Waals surface area (Å²) < 4.78 is 40.9. The lowest BCUT2D eigenvalue weighted by Gasteiger charge is -2.28. The monoisotopic (exact) mass is 388 g/mol. The van der Waals surface area contributed by atoms with Gasteiger partial charge in [-0.05, 0) is 37.3 Å². The standard InChI is InChI=1S/C20H19F3N4O/c1-13-24-18-7-9-26(12-17(18)19(28)25-13)11-16-6-3-8-27(16)15-5-2-4-14(10-15)20(21,22)23/h2-6,8,10H,7,9,11-12H2,1H3,(H,24,25,28). The molecule has 1 N–H and O–H groups in total. The summed E-state index contributed by atoms with van der Waals surface area (Å²) >= 11 is 0. The Morgan fingerprint density at radius 2 is 2.04 bits per heavy atom. The van der Waals surface area contributed by atoms with Crippen molar-refractivity contribution in [2.24, 2.45) is 0 Å². The smallest absolute Gasteiger partial charge is 0.320 e. The molecule has 0 unspecified atom stereocenters. The summed E-state index contributed by atoms with van der Waals surface area (Å²) in [7, 11) is 0. The van der Waals surface area contributed by atoms with Gasteiger partial charge in [-0.3, -0.25) is 9.69 Å². The van der Waals surface area contributed by atoms with Crippen LogP contribution in [0.15, 0.2) is 47.4 Å². The van der Waals surface area contributed by atoms with Gasteiger partial charge < -0.3 is 9.55 Å². The molecule has 0 fully saturated rings. The van der Waals surface area contributed by atoms with Crippen molar-refractivity contribution in [3.05, 3.63) is 81.3 Å². The molecule has 0 bridgehead atoms. The molecule has 5 nitrogen and oxygen atoms in total. The molecule has 0 radical (unpaired) electrons. The highest BCUT2D eigenvalue weighted by Gasteiger charge is 2.30. The van der Waals surface area contributed by atoms with Crippen LogP contribution in [-0.2, 0) is 25.7 Å². The molecule has 28 heavy (non-hydrogen) atoms. The van der Waals surface area contributed by atoms with Crippen molar-refractivity contribution in [3.63, 3.8) is 0 Å². The largest absolute Gasteiger partial charge is 0.416 e. The number of nitrogens with one attached hydrogen (secondary N) is 1. The number of benzene rings is 1. The second-order valence-corrected chi connectivity index (χ2v) is 6.95. The Bertz CT molecular complexity index is 1070. The lowest BCUT2D eigenvalue weighted by Crippen LogP contribution is -2.36. The summed E-state index contributed by atoms with van der Waals surface area (Å²) in [4.78, 5) is 21.5. The molecule has 0 saturated heterocycles. The average Bonchev–Trinajstić information content (AvgIpc) is 3.10. The van der Waals surface area contributed by atoms with Crippen LogP contribution in [0.5, 0.6) is 0 Å². The van der Waals surface area contributed by atoms with Crippen molar-refractivity contribution < 1.29 is 13.2 Å². The normalized spacial score (nSPS) is 14.9. The molecule has 8 heteroatoms. The highest BCUT2D eigenvalue weighted by Crippen LogP contribution is 2.30. The Morgan fingerprint density at radius 3 is 2.82 bits per heavy atom. The molecule has 0 aliphatic carbocycles. The minimum atomic E-state index is -4.38. The van der Waals surface area contributed by atoms with Gasteiger partial charge in [0.1, 0.15) is 5.82 Å². The molecule has 0 amide bonds. The van der Waals surface area contributed by atoms with Gasteiger partial charge in [-0.15, -0.1) is 0 Å². The molecule has 2 aromatic heterocycles. The molecule has 1 aliphatic heterocycles. The number of nitrogens with zero attached hydrogens (tertiary/aromatic N) is 3. The third kappa shape index (κ3) is 3.60. The number of H-pyrrole nitrogens is 1. The first kappa shape index (κ1) is 18.5. The summed E-state index contributed by atoms with van der Waals surface area (Å²) in [5, 5.41) is 0.